The Kier molecular flexibility index (Phi) is 6.42. The maximum absolute atomic E-state index is 11.5. The van der Waals surface area contributed by atoms with Gasteiger partial charge in [0.2, 0.25) is 5.91 Å². The van der Waals surface area contributed by atoms with E-state index in [0.29, 0.717) is 19.4 Å². The van der Waals surface area contributed by atoms with Crippen LogP contribution < -0.4 is 10.1 Å². The van der Waals surface area contributed by atoms with E-state index in [0.717, 1.165) is 17.7 Å². The first kappa shape index (κ1) is 14.1. The molecule has 0 radical (unpaired) electrons. The van der Waals surface area contributed by atoms with Gasteiger partial charge in [-0.3, -0.25) is 4.79 Å². The summed E-state index contributed by atoms with van der Waals surface area (Å²) in [5.74, 6) is 6.62. The Labute approximate surface area is 109 Å². The van der Waals surface area contributed by atoms with Crippen molar-refractivity contribution < 1.29 is 9.53 Å². The molecule has 0 unspecified atom stereocenters. The minimum absolute atomic E-state index is 0.0729. The van der Waals surface area contributed by atoms with Crippen LogP contribution in [0.2, 0.25) is 0 Å². The summed E-state index contributed by atoms with van der Waals surface area (Å²) in [7, 11) is 1.64. The van der Waals surface area contributed by atoms with Gasteiger partial charge in [0, 0.05) is 19.4 Å². The summed E-state index contributed by atoms with van der Waals surface area (Å²) in [6, 6.07) is 7.78. The van der Waals surface area contributed by atoms with E-state index in [4.69, 9.17) is 4.74 Å². The number of methoxy groups -OCH3 is 1. The number of amides is 1. The van der Waals surface area contributed by atoms with Gasteiger partial charge in [-0.15, -0.1) is 11.8 Å². The minimum Gasteiger partial charge on any atom is -0.497 e. The van der Waals surface area contributed by atoms with Crippen molar-refractivity contribution in [2.45, 2.75) is 26.2 Å². The Bertz CT molecular complexity index is 426. The third-order valence-corrected chi connectivity index (χ3v) is 2.55. The van der Waals surface area contributed by atoms with Crippen LogP contribution in [-0.4, -0.2) is 19.6 Å². The van der Waals surface area contributed by atoms with Crippen LogP contribution in [0.3, 0.4) is 0 Å². The molecular formula is C15H19NO2. The quantitative estimate of drug-likeness (QED) is 0.616. The van der Waals surface area contributed by atoms with Gasteiger partial charge in [0.1, 0.15) is 5.75 Å². The Hall–Kier alpha value is -1.95. The Morgan fingerprint density at radius 2 is 2.06 bits per heavy atom. The fourth-order valence-electron chi connectivity index (χ4n) is 1.53. The lowest BCUT2D eigenvalue weighted by atomic mass is 10.1. The van der Waals surface area contributed by atoms with Crippen LogP contribution in [0.25, 0.3) is 0 Å². The Balaban J connectivity index is 2.26. The highest BCUT2D eigenvalue weighted by molar-refractivity contribution is 5.76. The van der Waals surface area contributed by atoms with Crippen molar-refractivity contribution in [3.05, 3.63) is 29.8 Å². The lowest BCUT2D eigenvalue weighted by Gasteiger charge is -2.04. The van der Waals surface area contributed by atoms with Crippen LogP contribution in [0.1, 0.15) is 25.3 Å². The predicted molar refractivity (Wildman–Crippen MR) is 72.4 cm³/mol. The first-order valence-electron chi connectivity index (χ1n) is 6.05. The molecule has 1 aromatic carbocycles. The summed E-state index contributed by atoms with van der Waals surface area (Å²) in [4.78, 5) is 11.5. The van der Waals surface area contributed by atoms with Crippen molar-refractivity contribution in [2.75, 3.05) is 13.7 Å². The molecule has 0 spiro atoms. The zero-order valence-electron chi connectivity index (χ0n) is 11.0. The van der Waals surface area contributed by atoms with Gasteiger partial charge in [-0.2, -0.15) is 0 Å². The number of nitrogens with one attached hydrogen (secondary N) is 1. The van der Waals surface area contributed by atoms with Crippen LogP contribution in [0.5, 0.6) is 5.75 Å². The molecule has 0 heterocycles. The van der Waals surface area contributed by atoms with Gasteiger partial charge in [0.05, 0.1) is 7.11 Å². The van der Waals surface area contributed by atoms with Crippen molar-refractivity contribution >= 4 is 5.91 Å². The molecule has 0 aromatic heterocycles. The zero-order valence-corrected chi connectivity index (χ0v) is 11.0. The summed E-state index contributed by atoms with van der Waals surface area (Å²) in [5.41, 5.74) is 1.14. The summed E-state index contributed by atoms with van der Waals surface area (Å²) < 4.78 is 5.08. The van der Waals surface area contributed by atoms with Crippen LogP contribution in [0.4, 0.5) is 0 Å². The number of carbonyl (C=O) groups is 1. The molecule has 0 saturated carbocycles. The van der Waals surface area contributed by atoms with Crippen LogP contribution in [0, 0.1) is 11.8 Å². The average Bonchev–Trinajstić information content (AvgIpc) is 2.42. The largest absolute Gasteiger partial charge is 0.497 e. The molecular weight excluding hydrogens is 226 g/mol. The predicted octanol–water partition coefficient (Wildman–Crippen LogP) is 2.16. The molecule has 1 amide bonds. The molecule has 96 valence electrons. The number of hydrogen-bond acceptors (Lipinski definition) is 2. The van der Waals surface area contributed by atoms with E-state index in [2.05, 4.69) is 17.2 Å². The van der Waals surface area contributed by atoms with E-state index >= 15 is 0 Å². The molecule has 1 N–H and O–H groups in total. The molecule has 0 atom stereocenters. The highest BCUT2D eigenvalue weighted by atomic mass is 16.5. The van der Waals surface area contributed by atoms with Crippen LogP contribution in [0.15, 0.2) is 24.3 Å². The number of aryl methyl sites for hydroxylation is 1. The molecule has 3 nitrogen and oxygen atoms in total. The number of rotatable bonds is 6. The second kappa shape index (κ2) is 8.19. The average molecular weight is 245 g/mol. The van der Waals surface area contributed by atoms with Gasteiger partial charge in [-0.1, -0.05) is 12.1 Å². The highest BCUT2D eigenvalue weighted by Gasteiger charge is 2.01. The van der Waals surface area contributed by atoms with E-state index in [1.54, 1.807) is 14.0 Å². The minimum atomic E-state index is 0.0729. The lowest BCUT2D eigenvalue weighted by molar-refractivity contribution is -0.121. The molecule has 3 heteroatoms. The number of ether oxygens (including phenoxy) is 1. The van der Waals surface area contributed by atoms with E-state index in [1.165, 1.54) is 0 Å². The molecule has 1 aromatic rings. The van der Waals surface area contributed by atoms with Gasteiger partial charge in [0.15, 0.2) is 0 Å². The fraction of sp³-hybridized carbons (Fsp3) is 0.400. The number of carbonyl (C=O) groups excluding carboxylic acids is 1. The Morgan fingerprint density at radius 3 is 2.67 bits per heavy atom. The maximum atomic E-state index is 11.5. The first-order valence-corrected chi connectivity index (χ1v) is 6.05. The Morgan fingerprint density at radius 1 is 1.33 bits per heavy atom. The maximum Gasteiger partial charge on any atom is 0.220 e. The third kappa shape index (κ3) is 5.40. The second-order valence-electron chi connectivity index (χ2n) is 3.87. The zero-order chi connectivity index (χ0) is 13.2. The summed E-state index contributed by atoms with van der Waals surface area (Å²) in [5, 5.41) is 2.84. The molecule has 0 bridgehead atoms. The van der Waals surface area contributed by atoms with Gasteiger partial charge in [-0.25, -0.2) is 0 Å². The van der Waals surface area contributed by atoms with Crippen molar-refractivity contribution in [1.82, 2.24) is 5.32 Å². The van der Waals surface area contributed by atoms with Crippen molar-refractivity contribution in [3.63, 3.8) is 0 Å². The lowest BCUT2D eigenvalue weighted by Crippen LogP contribution is -2.24. The van der Waals surface area contributed by atoms with Gasteiger partial charge < -0.3 is 10.1 Å². The summed E-state index contributed by atoms with van der Waals surface area (Å²) in [6.07, 6.45) is 1.96. The highest BCUT2D eigenvalue weighted by Crippen LogP contribution is 2.12. The normalized spacial score (nSPS) is 9.22. The van der Waals surface area contributed by atoms with Crippen LogP contribution in [-0.2, 0) is 11.2 Å². The van der Waals surface area contributed by atoms with Gasteiger partial charge in [-0.05, 0) is 31.0 Å². The van der Waals surface area contributed by atoms with E-state index in [9.17, 15) is 4.79 Å². The molecule has 0 aliphatic carbocycles. The fourth-order valence-corrected chi connectivity index (χ4v) is 1.53. The molecule has 0 aliphatic heterocycles. The number of hydrogen-bond donors (Lipinski definition) is 1. The van der Waals surface area contributed by atoms with E-state index in [1.807, 2.05) is 24.3 Å². The molecule has 18 heavy (non-hydrogen) atoms. The van der Waals surface area contributed by atoms with Crippen molar-refractivity contribution in [2.24, 2.45) is 0 Å². The smallest absolute Gasteiger partial charge is 0.220 e. The van der Waals surface area contributed by atoms with Crippen LogP contribution >= 0.6 is 0 Å². The van der Waals surface area contributed by atoms with E-state index in [-0.39, 0.29) is 5.91 Å². The summed E-state index contributed by atoms with van der Waals surface area (Å²) >= 11 is 0. The number of benzene rings is 1. The topological polar surface area (TPSA) is 38.3 Å². The van der Waals surface area contributed by atoms with Gasteiger partial charge in [0.25, 0.3) is 0 Å². The molecule has 0 fully saturated rings. The van der Waals surface area contributed by atoms with E-state index < -0.39 is 0 Å². The SMILES string of the molecule is CC#CCCNC(=O)CCc1ccc(OC)cc1. The van der Waals surface area contributed by atoms with Crippen molar-refractivity contribution in [1.29, 1.82) is 0 Å². The molecule has 0 aliphatic rings. The first-order chi connectivity index (χ1) is 8.76. The second-order valence-corrected chi connectivity index (χ2v) is 3.87. The third-order valence-electron chi connectivity index (χ3n) is 2.55. The standard InChI is InChI=1S/C15H19NO2/c1-3-4-5-12-16-15(17)11-8-13-6-9-14(18-2)10-7-13/h6-7,9-10H,5,8,11-12H2,1-2H3,(H,16,17). The van der Waals surface area contributed by atoms with Gasteiger partial charge >= 0.3 is 0 Å². The molecule has 0 saturated heterocycles. The summed E-state index contributed by atoms with van der Waals surface area (Å²) in [6.45, 7) is 2.42. The molecule has 1 rings (SSSR count). The monoisotopic (exact) mass is 245 g/mol. The van der Waals surface area contributed by atoms with Crippen molar-refractivity contribution in [3.8, 4) is 17.6 Å².